The third kappa shape index (κ3) is 3.18. The molecule has 0 spiro atoms. The summed E-state index contributed by atoms with van der Waals surface area (Å²) in [5.41, 5.74) is 6.67. The average molecular weight is 312 g/mol. The molecule has 7 heteroatoms. The zero-order chi connectivity index (χ0) is 14.7. The predicted molar refractivity (Wildman–Crippen MR) is 77.1 cm³/mol. The molecule has 0 fully saturated rings. The van der Waals surface area contributed by atoms with Crippen molar-refractivity contribution >= 4 is 35.0 Å². The van der Waals surface area contributed by atoms with E-state index in [-0.39, 0.29) is 11.4 Å². The van der Waals surface area contributed by atoms with E-state index in [1.54, 1.807) is 18.2 Å². The minimum absolute atomic E-state index is 0.0759. The second kappa shape index (κ2) is 6.07. The topological polar surface area (TPSA) is 78.1 Å². The van der Waals surface area contributed by atoms with Crippen LogP contribution in [0.2, 0.25) is 10.0 Å². The normalized spacial score (nSPS) is 10.3. The Labute approximate surface area is 125 Å². The van der Waals surface area contributed by atoms with Gasteiger partial charge in [0.05, 0.1) is 7.11 Å². The van der Waals surface area contributed by atoms with Crippen LogP contribution in [0.5, 0.6) is 0 Å². The fraction of sp³-hybridized carbons (Fsp3) is 0.154. The van der Waals surface area contributed by atoms with Gasteiger partial charge in [-0.2, -0.15) is 0 Å². The van der Waals surface area contributed by atoms with Gasteiger partial charge in [-0.05, 0) is 17.7 Å². The molecular weight excluding hydrogens is 301 g/mol. The SMILES string of the molecule is COC(=O)c1cnc(Cc2ccc(Cl)cc2Cl)nc1N. The average Bonchev–Trinajstić information content (AvgIpc) is 2.41. The molecule has 1 aromatic heterocycles. The van der Waals surface area contributed by atoms with E-state index in [9.17, 15) is 4.79 Å². The number of halogens is 2. The van der Waals surface area contributed by atoms with Gasteiger partial charge in [-0.15, -0.1) is 0 Å². The van der Waals surface area contributed by atoms with E-state index >= 15 is 0 Å². The fourth-order valence-electron chi connectivity index (χ4n) is 1.62. The quantitative estimate of drug-likeness (QED) is 0.882. The van der Waals surface area contributed by atoms with E-state index in [2.05, 4.69) is 14.7 Å². The third-order valence-electron chi connectivity index (χ3n) is 2.64. The van der Waals surface area contributed by atoms with Crippen LogP contribution in [0, 0.1) is 0 Å². The highest BCUT2D eigenvalue weighted by Gasteiger charge is 2.13. The monoisotopic (exact) mass is 311 g/mol. The molecular formula is C13H11Cl2N3O2. The lowest BCUT2D eigenvalue weighted by Gasteiger charge is -2.06. The van der Waals surface area contributed by atoms with Gasteiger partial charge < -0.3 is 10.5 Å². The number of hydrogen-bond donors (Lipinski definition) is 1. The molecule has 0 atom stereocenters. The fourth-order valence-corrected chi connectivity index (χ4v) is 2.10. The van der Waals surface area contributed by atoms with E-state index in [1.165, 1.54) is 13.3 Å². The van der Waals surface area contributed by atoms with E-state index in [0.717, 1.165) is 5.56 Å². The van der Waals surface area contributed by atoms with Crippen LogP contribution in [0.25, 0.3) is 0 Å². The van der Waals surface area contributed by atoms with Gasteiger partial charge in [0.1, 0.15) is 17.2 Å². The zero-order valence-electron chi connectivity index (χ0n) is 10.6. The summed E-state index contributed by atoms with van der Waals surface area (Å²) in [5.74, 6) is -0.0371. The zero-order valence-corrected chi connectivity index (χ0v) is 12.1. The van der Waals surface area contributed by atoms with Crippen molar-refractivity contribution in [3.63, 3.8) is 0 Å². The molecule has 2 aromatic rings. The standard InChI is InChI=1S/C13H11Cl2N3O2/c1-20-13(19)9-6-17-11(18-12(9)16)4-7-2-3-8(14)5-10(7)15/h2-3,5-6H,4H2,1H3,(H2,16,17,18). The number of nitrogens with zero attached hydrogens (tertiary/aromatic N) is 2. The molecule has 5 nitrogen and oxygen atoms in total. The first-order chi connectivity index (χ1) is 9.51. The van der Waals surface area contributed by atoms with E-state index in [0.29, 0.717) is 22.3 Å². The molecule has 0 bridgehead atoms. The van der Waals surface area contributed by atoms with Crippen molar-refractivity contribution in [1.82, 2.24) is 9.97 Å². The molecule has 0 aliphatic carbocycles. The summed E-state index contributed by atoms with van der Waals surface area (Å²) < 4.78 is 4.57. The number of aromatic nitrogens is 2. The Bertz CT molecular complexity index is 662. The number of ether oxygens (including phenoxy) is 1. The van der Waals surface area contributed by atoms with Gasteiger partial charge >= 0.3 is 5.97 Å². The Balaban J connectivity index is 2.26. The van der Waals surface area contributed by atoms with Crippen molar-refractivity contribution < 1.29 is 9.53 Å². The summed E-state index contributed by atoms with van der Waals surface area (Å²) in [6, 6.07) is 5.16. The summed E-state index contributed by atoms with van der Waals surface area (Å²) in [6.07, 6.45) is 1.73. The van der Waals surface area contributed by atoms with Crippen LogP contribution in [0.3, 0.4) is 0 Å². The van der Waals surface area contributed by atoms with E-state index in [1.807, 2.05) is 0 Å². The molecule has 2 rings (SSSR count). The van der Waals surface area contributed by atoms with Crippen molar-refractivity contribution in [1.29, 1.82) is 0 Å². The molecule has 20 heavy (non-hydrogen) atoms. The van der Waals surface area contributed by atoms with Crippen LogP contribution >= 0.6 is 23.2 Å². The lowest BCUT2D eigenvalue weighted by Crippen LogP contribution is -2.10. The van der Waals surface area contributed by atoms with Gasteiger partial charge in [0.25, 0.3) is 0 Å². The van der Waals surface area contributed by atoms with Crippen molar-refractivity contribution in [3.8, 4) is 0 Å². The highest BCUT2D eigenvalue weighted by molar-refractivity contribution is 6.35. The third-order valence-corrected chi connectivity index (χ3v) is 3.22. The van der Waals surface area contributed by atoms with Crippen molar-refractivity contribution in [2.24, 2.45) is 0 Å². The summed E-state index contributed by atoms with van der Waals surface area (Å²) >= 11 is 11.9. The minimum atomic E-state index is -0.571. The molecule has 2 N–H and O–H groups in total. The van der Waals surface area contributed by atoms with Gasteiger partial charge in [-0.1, -0.05) is 29.3 Å². The molecule has 0 saturated carbocycles. The predicted octanol–water partition coefficient (Wildman–Crippen LogP) is 2.74. The Hall–Kier alpha value is -1.85. The molecule has 0 unspecified atom stereocenters. The summed E-state index contributed by atoms with van der Waals surface area (Å²) in [6.45, 7) is 0. The van der Waals surface area contributed by atoms with E-state index in [4.69, 9.17) is 28.9 Å². The number of rotatable bonds is 3. The summed E-state index contributed by atoms with van der Waals surface area (Å²) in [4.78, 5) is 19.5. The van der Waals surface area contributed by atoms with Gasteiger partial charge in [-0.3, -0.25) is 0 Å². The summed E-state index contributed by atoms with van der Waals surface area (Å²) in [5, 5.41) is 1.08. The van der Waals surface area contributed by atoms with Crippen LogP contribution in [0.1, 0.15) is 21.7 Å². The lowest BCUT2D eigenvalue weighted by molar-refractivity contribution is 0.0601. The maximum absolute atomic E-state index is 11.4. The first-order valence-electron chi connectivity index (χ1n) is 5.65. The number of carbonyl (C=O) groups is 1. The number of benzene rings is 1. The number of anilines is 1. The molecule has 104 valence electrons. The second-order valence-corrected chi connectivity index (χ2v) is 4.83. The number of esters is 1. The van der Waals surface area contributed by atoms with Crippen LogP contribution in [0.15, 0.2) is 24.4 Å². The van der Waals surface area contributed by atoms with Crippen LogP contribution < -0.4 is 5.73 Å². The first kappa shape index (κ1) is 14.6. The van der Waals surface area contributed by atoms with Crippen LogP contribution in [-0.4, -0.2) is 23.0 Å². The molecule has 1 aromatic carbocycles. The van der Waals surface area contributed by atoms with E-state index < -0.39 is 5.97 Å². The van der Waals surface area contributed by atoms with Gasteiger partial charge in [0.15, 0.2) is 0 Å². The van der Waals surface area contributed by atoms with Crippen molar-refractivity contribution in [2.75, 3.05) is 12.8 Å². The first-order valence-corrected chi connectivity index (χ1v) is 6.40. The van der Waals surface area contributed by atoms with Crippen LogP contribution in [0.4, 0.5) is 5.82 Å². The minimum Gasteiger partial charge on any atom is -0.465 e. The maximum atomic E-state index is 11.4. The van der Waals surface area contributed by atoms with Gasteiger partial charge in [0, 0.05) is 22.7 Å². The molecule has 0 saturated heterocycles. The van der Waals surface area contributed by atoms with Crippen LogP contribution in [-0.2, 0) is 11.2 Å². The Kier molecular flexibility index (Phi) is 4.42. The van der Waals surface area contributed by atoms with Crippen molar-refractivity contribution in [3.05, 3.63) is 51.4 Å². The maximum Gasteiger partial charge on any atom is 0.343 e. The molecule has 0 aliphatic rings. The largest absolute Gasteiger partial charge is 0.465 e. The highest BCUT2D eigenvalue weighted by Crippen LogP contribution is 2.23. The van der Waals surface area contributed by atoms with Crippen molar-refractivity contribution in [2.45, 2.75) is 6.42 Å². The number of nitrogens with two attached hydrogens (primary N) is 1. The number of nitrogen functional groups attached to an aromatic ring is 1. The van der Waals surface area contributed by atoms with Gasteiger partial charge in [-0.25, -0.2) is 14.8 Å². The second-order valence-electron chi connectivity index (χ2n) is 3.99. The molecule has 0 amide bonds. The number of carbonyl (C=O) groups excluding carboxylic acids is 1. The number of methoxy groups -OCH3 is 1. The molecule has 1 heterocycles. The molecule has 0 aliphatic heterocycles. The summed E-state index contributed by atoms with van der Waals surface area (Å²) in [7, 11) is 1.27. The van der Waals surface area contributed by atoms with Gasteiger partial charge in [0.2, 0.25) is 0 Å². The molecule has 0 radical (unpaired) electrons. The highest BCUT2D eigenvalue weighted by atomic mass is 35.5. The Morgan fingerprint density at radius 1 is 1.40 bits per heavy atom. The number of hydrogen-bond acceptors (Lipinski definition) is 5. The Morgan fingerprint density at radius 2 is 2.15 bits per heavy atom. The smallest absolute Gasteiger partial charge is 0.343 e. The lowest BCUT2D eigenvalue weighted by atomic mass is 10.1. The Morgan fingerprint density at radius 3 is 2.75 bits per heavy atom.